The smallest absolute Gasteiger partial charge is 0.126 e. The van der Waals surface area contributed by atoms with Crippen molar-refractivity contribution >= 4 is 5.83 Å². The van der Waals surface area contributed by atoms with Gasteiger partial charge in [0.2, 0.25) is 0 Å². The van der Waals surface area contributed by atoms with Gasteiger partial charge in [0.1, 0.15) is 11.6 Å². The summed E-state index contributed by atoms with van der Waals surface area (Å²) in [5, 5.41) is 0. The highest BCUT2D eigenvalue weighted by Crippen LogP contribution is 2.18. The molecule has 0 saturated carbocycles. The van der Waals surface area contributed by atoms with Crippen LogP contribution in [0.3, 0.4) is 0 Å². The Labute approximate surface area is 144 Å². The normalized spacial score (nSPS) is 10.9. The van der Waals surface area contributed by atoms with Crippen molar-refractivity contribution in [1.82, 2.24) is 0 Å². The number of allylic oxidation sites excluding steroid dienone is 1. The standard InChI is InChI=1S/C22H23FO/c1-3-5-6-7-22(23)20-14-10-18(11-15-20)8-9-19-12-16-21(17-13-19)24-4-2/h7,10-17H,3-6H2,1-2H3/b22-7+. The molecule has 0 aliphatic carbocycles. The van der Waals surface area contributed by atoms with Crippen LogP contribution in [0.5, 0.6) is 5.75 Å². The molecule has 124 valence electrons. The third-order valence-corrected chi connectivity index (χ3v) is 3.56. The number of benzene rings is 2. The van der Waals surface area contributed by atoms with Crippen LogP contribution in [0.1, 0.15) is 49.8 Å². The van der Waals surface area contributed by atoms with Crippen LogP contribution in [0, 0.1) is 11.8 Å². The van der Waals surface area contributed by atoms with Crippen LogP contribution in [0.2, 0.25) is 0 Å². The Morgan fingerprint density at radius 3 is 2.08 bits per heavy atom. The monoisotopic (exact) mass is 322 g/mol. The van der Waals surface area contributed by atoms with Gasteiger partial charge in [-0.2, -0.15) is 0 Å². The molecule has 2 heteroatoms. The number of rotatable bonds is 6. The lowest BCUT2D eigenvalue weighted by atomic mass is 10.1. The van der Waals surface area contributed by atoms with E-state index < -0.39 is 0 Å². The molecule has 0 N–H and O–H groups in total. The second-order valence-electron chi connectivity index (χ2n) is 5.48. The minimum atomic E-state index is -0.158. The van der Waals surface area contributed by atoms with Crippen LogP contribution < -0.4 is 4.74 Å². The van der Waals surface area contributed by atoms with Crippen molar-refractivity contribution in [2.75, 3.05) is 6.61 Å². The molecule has 0 spiro atoms. The van der Waals surface area contributed by atoms with Gasteiger partial charge in [-0.1, -0.05) is 37.3 Å². The SMILES string of the molecule is CCCC/C=C(/F)c1ccc(C#Cc2ccc(OCC)cc2)cc1. The van der Waals surface area contributed by atoms with Crippen molar-refractivity contribution in [3.05, 3.63) is 71.3 Å². The highest BCUT2D eigenvalue weighted by atomic mass is 19.1. The van der Waals surface area contributed by atoms with Gasteiger partial charge in [0.25, 0.3) is 0 Å². The molecule has 1 nitrogen and oxygen atoms in total. The predicted octanol–water partition coefficient (Wildman–Crippen LogP) is 5.99. The largest absolute Gasteiger partial charge is 0.494 e. The van der Waals surface area contributed by atoms with Gasteiger partial charge in [0.15, 0.2) is 0 Å². The number of unbranched alkanes of at least 4 members (excludes halogenated alkanes) is 2. The summed E-state index contributed by atoms with van der Waals surface area (Å²) < 4.78 is 19.4. The molecular weight excluding hydrogens is 299 g/mol. The van der Waals surface area contributed by atoms with Gasteiger partial charge < -0.3 is 4.74 Å². The molecule has 24 heavy (non-hydrogen) atoms. The Balaban J connectivity index is 2.02. The first kappa shape index (κ1) is 17.8. The molecule has 0 fully saturated rings. The minimum Gasteiger partial charge on any atom is -0.494 e. The number of halogens is 1. The summed E-state index contributed by atoms with van der Waals surface area (Å²) in [5.41, 5.74) is 2.40. The van der Waals surface area contributed by atoms with Crippen LogP contribution in [0.4, 0.5) is 4.39 Å². The first-order valence-corrected chi connectivity index (χ1v) is 8.44. The zero-order valence-corrected chi connectivity index (χ0v) is 14.3. The summed E-state index contributed by atoms with van der Waals surface area (Å²) in [7, 11) is 0. The molecule has 0 aromatic heterocycles. The Hall–Kier alpha value is -2.53. The molecule has 0 heterocycles. The van der Waals surface area contributed by atoms with E-state index >= 15 is 0 Å². The van der Waals surface area contributed by atoms with Gasteiger partial charge in [-0.3, -0.25) is 0 Å². The van der Waals surface area contributed by atoms with Crippen molar-refractivity contribution < 1.29 is 9.13 Å². The third kappa shape index (κ3) is 5.59. The van der Waals surface area contributed by atoms with Crippen molar-refractivity contribution in [2.24, 2.45) is 0 Å². The molecule has 0 aliphatic heterocycles. The molecule has 0 atom stereocenters. The van der Waals surface area contributed by atoms with E-state index in [1.165, 1.54) is 0 Å². The second kappa shape index (κ2) is 9.57. The minimum absolute atomic E-state index is 0.158. The van der Waals surface area contributed by atoms with Gasteiger partial charge >= 0.3 is 0 Å². The van der Waals surface area contributed by atoms with Gasteiger partial charge in [0, 0.05) is 16.7 Å². The lowest BCUT2D eigenvalue weighted by Gasteiger charge is -2.01. The zero-order chi connectivity index (χ0) is 17.2. The van der Waals surface area contributed by atoms with E-state index in [-0.39, 0.29) is 5.83 Å². The van der Waals surface area contributed by atoms with Crippen molar-refractivity contribution in [3.63, 3.8) is 0 Å². The van der Waals surface area contributed by atoms with Gasteiger partial charge in [-0.25, -0.2) is 4.39 Å². The fourth-order valence-corrected chi connectivity index (χ4v) is 2.21. The number of hydrogen-bond donors (Lipinski definition) is 0. The fourth-order valence-electron chi connectivity index (χ4n) is 2.21. The lowest BCUT2D eigenvalue weighted by molar-refractivity contribution is 0.340. The van der Waals surface area contributed by atoms with Crippen molar-refractivity contribution in [3.8, 4) is 17.6 Å². The molecule has 0 amide bonds. The van der Waals surface area contributed by atoms with Gasteiger partial charge in [-0.05, 0) is 62.2 Å². The Morgan fingerprint density at radius 1 is 0.958 bits per heavy atom. The average molecular weight is 322 g/mol. The van der Waals surface area contributed by atoms with E-state index in [0.29, 0.717) is 12.2 Å². The number of hydrogen-bond acceptors (Lipinski definition) is 1. The maximum absolute atomic E-state index is 14.0. The number of ether oxygens (including phenoxy) is 1. The van der Waals surface area contributed by atoms with Crippen molar-refractivity contribution in [2.45, 2.75) is 33.1 Å². The molecule has 0 saturated heterocycles. The molecule has 0 aliphatic rings. The van der Waals surface area contributed by atoms with E-state index in [4.69, 9.17) is 4.74 Å². The summed E-state index contributed by atoms with van der Waals surface area (Å²) in [5.74, 6) is 6.89. The summed E-state index contributed by atoms with van der Waals surface area (Å²) in [6, 6.07) is 14.9. The molecular formula is C22H23FO. The van der Waals surface area contributed by atoms with Gasteiger partial charge in [0.05, 0.1) is 6.61 Å². The van der Waals surface area contributed by atoms with E-state index in [2.05, 4.69) is 18.8 Å². The summed E-state index contributed by atoms with van der Waals surface area (Å²) in [6.45, 7) is 4.71. The maximum Gasteiger partial charge on any atom is 0.126 e. The third-order valence-electron chi connectivity index (χ3n) is 3.56. The maximum atomic E-state index is 14.0. The van der Waals surface area contributed by atoms with Crippen molar-refractivity contribution in [1.29, 1.82) is 0 Å². The van der Waals surface area contributed by atoms with Gasteiger partial charge in [-0.15, -0.1) is 0 Å². The predicted molar refractivity (Wildman–Crippen MR) is 98.6 cm³/mol. The van der Waals surface area contributed by atoms with E-state index in [0.717, 1.165) is 36.1 Å². The average Bonchev–Trinajstić information content (AvgIpc) is 2.62. The second-order valence-corrected chi connectivity index (χ2v) is 5.48. The summed E-state index contributed by atoms with van der Waals surface area (Å²) in [4.78, 5) is 0. The Kier molecular flexibility index (Phi) is 7.11. The van der Waals surface area contributed by atoms with Crippen LogP contribution in [-0.4, -0.2) is 6.61 Å². The molecule has 0 bridgehead atoms. The molecule has 2 rings (SSSR count). The van der Waals surface area contributed by atoms with E-state index in [1.54, 1.807) is 18.2 Å². The zero-order valence-electron chi connectivity index (χ0n) is 14.3. The highest BCUT2D eigenvalue weighted by Gasteiger charge is 1.99. The molecule has 2 aromatic rings. The van der Waals surface area contributed by atoms with Crippen LogP contribution >= 0.6 is 0 Å². The first-order chi connectivity index (χ1) is 11.7. The molecule has 0 radical (unpaired) electrons. The lowest BCUT2D eigenvalue weighted by Crippen LogP contribution is -1.90. The van der Waals surface area contributed by atoms with E-state index in [9.17, 15) is 4.39 Å². The van der Waals surface area contributed by atoms with Crippen LogP contribution in [0.15, 0.2) is 54.6 Å². The first-order valence-electron chi connectivity index (χ1n) is 8.44. The van der Waals surface area contributed by atoms with E-state index in [1.807, 2.05) is 43.3 Å². The van der Waals surface area contributed by atoms with Crippen LogP contribution in [-0.2, 0) is 0 Å². The molecule has 2 aromatic carbocycles. The van der Waals surface area contributed by atoms with Crippen LogP contribution in [0.25, 0.3) is 5.83 Å². The fraction of sp³-hybridized carbons (Fsp3) is 0.273. The molecule has 0 unspecified atom stereocenters. The highest BCUT2D eigenvalue weighted by molar-refractivity contribution is 5.60. The Morgan fingerprint density at radius 2 is 1.54 bits per heavy atom. The topological polar surface area (TPSA) is 9.23 Å². The summed E-state index contributed by atoms with van der Waals surface area (Å²) in [6.07, 6.45) is 4.52. The summed E-state index contributed by atoms with van der Waals surface area (Å²) >= 11 is 0. The Bertz CT molecular complexity index is 715. The quantitative estimate of drug-likeness (QED) is 0.469.